The molecule has 0 amide bonds. The van der Waals surface area contributed by atoms with E-state index in [9.17, 15) is 4.39 Å². The van der Waals surface area contributed by atoms with Gasteiger partial charge in [0.05, 0.1) is 0 Å². The van der Waals surface area contributed by atoms with E-state index in [0.29, 0.717) is 5.11 Å². The first-order chi connectivity index (χ1) is 13.2. The number of halogens is 1. The quantitative estimate of drug-likeness (QED) is 0.649. The number of hydrogen-bond donors (Lipinski definition) is 2. The zero-order valence-corrected chi connectivity index (χ0v) is 15.6. The van der Waals surface area contributed by atoms with E-state index < -0.39 is 0 Å². The summed E-state index contributed by atoms with van der Waals surface area (Å²) in [5.74, 6) is 1.72. The Morgan fingerprint density at radius 2 is 1.56 bits per heavy atom. The van der Waals surface area contributed by atoms with Gasteiger partial charge in [-0.05, 0) is 73.6 Å². The minimum Gasteiger partial charge on any atom is -0.332 e. The third-order valence-corrected chi connectivity index (χ3v) is 4.82. The van der Waals surface area contributed by atoms with Crippen molar-refractivity contribution in [3.05, 3.63) is 60.2 Å². The average Bonchev–Trinajstić information content (AvgIpc) is 2.92. The molecule has 7 heteroatoms. The summed E-state index contributed by atoms with van der Waals surface area (Å²) >= 11 is 5.32. The molecule has 2 heterocycles. The second kappa shape index (κ2) is 7.84. The van der Waals surface area contributed by atoms with E-state index in [1.165, 1.54) is 31.4 Å². The van der Waals surface area contributed by atoms with Gasteiger partial charge in [-0.15, -0.1) is 10.2 Å². The molecule has 0 saturated carbocycles. The van der Waals surface area contributed by atoms with Crippen LogP contribution >= 0.6 is 12.2 Å². The van der Waals surface area contributed by atoms with E-state index in [0.717, 1.165) is 41.6 Å². The summed E-state index contributed by atoms with van der Waals surface area (Å²) in [4.78, 5) is 0. The summed E-state index contributed by atoms with van der Waals surface area (Å²) in [7, 11) is 0. The zero-order chi connectivity index (χ0) is 18.6. The molecule has 0 radical (unpaired) electrons. The fourth-order valence-corrected chi connectivity index (χ4v) is 3.46. The number of aryl methyl sites for hydroxylation is 1. The normalized spacial score (nSPS) is 13.5. The van der Waals surface area contributed by atoms with Crippen molar-refractivity contribution in [2.75, 3.05) is 10.6 Å². The highest BCUT2D eigenvalue weighted by Crippen LogP contribution is 2.24. The monoisotopic (exact) mass is 381 g/mol. The number of hydrogen-bond acceptors (Lipinski definition) is 3. The summed E-state index contributed by atoms with van der Waals surface area (Å²) in [5, 5.41) is 15.4. The second-order valence-electron chi connectivity index (χ2n) is 6.57. The van der Waals surface area contributed by atoms with Gasteiger partial charge < -0.3 is 15.2 Å². The second-order valence-corrected chi connectivity index (χ2v) is 6.97. The maximum atomic E-state index is 13.0. The van der Waals surface area contributed by atoms with Crippen molar-refractivity contribution >= 4 is 28.7 Å². The highest BCUT2D eigenvalue weighted by molar-refractivity contribution is 7.80. The molecular formula is C20H20FN5S. The summed E-state index contributed by atoms with van der Waals surface area (Å²) in [6.07, 6.45) is 4.58. The molecule has 0 bridgehead atoms. The molecule has 138 valence electrons. The third kappa shape index (κ3) is 4.14. The number of benzene rings is 2. The van der Waals surface area contributed by atoms with Gasteiger partial charge >= 0.3 is 0 Å². The van der Waals surface area contributed by atoms with E-state index in [4.69, 9.17) is 12.2 Å². The van der Waals surface area contributed by atoms with Crippen molar-refractivity contribution in [3.63, 3.8) is 0 Å². The van der Waals surface area contributed by atoms with Crippen LogP contribution in [0.5, 0.6) is 0 Å². The van der Waals surface area contributed by atoms with Gasteiger partial charge in [0.1, 0.15) is 11.6 Å². The van der Waals surface area contributed by atoms with Gasteiger partial charge in [-0.2, -0.15) is 0 Å². The van der Waals surface area contributed by atoms with Gasteiger partial charge in [-0.25, -0.2) is 4.39 Å². The summed E-state index contributed by atoms with van der Waals surface area (Å²) < 4.78 is 15.2. The molecule has 5 nitrogen and oxygen atoms in total. The molecule has 4 rings (SSSR count). The highest BCUT2D eigenvalue weighted by atomic mass is 32.1. The standard InChI is InChI=1S/C20H20FN5S/c21-15-7-11-17(12-8-15)23-20(27)22-16-9-5-14(6-10-16)19-25-24-18-4-2-1-3-13-26(18)19/h5-12H,1-4,13H2,(H2,22,23,27). The van der Waals surface area contributed by atoms with Crippen molar-refractivity contribution in [3.8, 4) is 11.4 Å². The van der Waals surface area contributed by atoms with Crippen LogP contribution in [0, 0.1) is 5.82 Å². The molecule has 1 aliphatic rings. The number of nitrogens with one attached hydrogen (secondary N) is 2. The fourth-order valence-electron chi connectivity index (χ4n) is 3.23. The van der Waals surface area contributed by atoms with Crippen molar-refractivity contribution in [2.24, 2.45) is 0 Å². The fraction of sp³-hybridized carbons (Fsp3) is 0.250. The zero-order valence-electron chi connectivity index (χ0n) is 14.8. The number of anilines is 2. The molecule has 0 atom stereocenters. The van der Waals surface area contributed by atoms with Crippen LogP contribution < -0.4 is 10.6 Å². The molecule has 3 aromatic rings. The van der Waals surface area contributed by atoms with Crippen LogP contribution in [-0.4, -0.2) is 19.9 Å². The van der Waals surface area contributed by atoms with E-state index in [1.807, 2.05) is 24.3 Å². The van der Waals surface area contributed by atoms with Gasteiger partial charge in [-0.1, -0.05) is 6.42 Å². The number of thiocarbonyl (C=S) groups is 1. The topological polar surface area (TPSA) is 54.8 Å². The van der Waals surface area contributed by atoms with Gasteiger partial charge in [0.2, 0.25) is 0 Å². The Balaban J connectivity index is 1.44. The maximum absolute atomic E-state index is 13.0. The van der Waals surface area contributed by atoms with Crippen molar-refractivity contribution in [1.29, 1.82) is 0 Å². The van der Waals surface area contributed by atoms with Crippen molar-refractivity contribution in [1.82, 2.24) is 14.8 Å². The smallest absolute Gasteiger partial charge is 0.175 e. The molecule has 2 aromatic carbocycles. The van der Waals surface area contributed by atoms with Gasteiger partial charge in [0, 0.05) is 29.9 Å². The number of nitrogens with zero attached hydrogens (tertiary/aromatic N) is 3. The molecule has 1 aliphatic heterocycles. The van der Waals surface area contributed by atoms with E-state index in [1.54, 1.807) is 12.1 Å². The largest absolute Gasteiger partial charge is 0.332 e. The molecule has 2 N–H and O–H groups in total. The lowest BCUT2D eigenvalue weighted by Gasteiger charge is -2.11. The molecule has 0 unspecified atom stereocenters. The Morgan fingerprint density at radius 3 is 2.26 bits per heavy atom. The minimum absolute atomic E-state index is 0.276. The minimum atomic E-state index is -0.276. The van der Waals surface area contributed by atoms with Crippen LogP contribution in [0.25, 0.3) is 11.4 Å². The molecular weight excluding hydrogens is 361 g/mol. The lowest BCUT2D eigenvalue weighted by atomic mass is 10.2. The Morgan fingerprint density at radius 1 is 0.889 bits per heavy atom. The summed E-state index contributed by atoms with van der Waals surface area (Å²) in [6.45, 7) is 0.976. The highest BCUT2D eigenvalue weighted by Gasteiger charge is 2.15. The molecule has 0 fully saturated rings. The van der Waals surface area contributed by atoms with Crippen molar-refractivity contribution in [2.45, 2.75) is 32.2 Å². The first-order valence-electron chi connectivity index (χ1n) is 9.05. The van der Waals surface area contributed by atoms with Gasteiger partial charge in [-0.3, -0.25) is 0 Å². The molecule has 0 spiro atoms. The number of rotatable bonds is 3. The van der Waals surface area contributed by atoms with Crippen LogP contribution in [0.15, 0.2) is 48.5 Å². The Kier molecular flexibility index (Phi) is 5.11. The van der Waals surface area contributed by atoms with Crippen LogP contribution in [0.4, 0.5) is 15.8 Å². The van der Waals surface area contributed by atoms with E-state index in [-0.39, 0.29) is 5.82 Å². The molecule has 0 aliphatic carbocycles. The van der Waals surface area contributed by atoms with Crippen LogP contribution in [0.1, 0.15) is 25.1 Å². The SMILES string of the molecule is Fc1ccc(NC(=S)Nc2ccc(-c3nnc4n3CCCCC4)cc2)cc1. The molecule has 1 aromatic heterocycles. The maximum Gasteiger partial charge on any atom is 0.175 e. The van der Waals surface area contributed by atoms with E-state index >= 15 is 0 Å². The summed E-state index contributed by atoms with van der Waals surface area (Å²) in [6, 6.07) is 14.0. The lowest BCUT2D eigenvalue weighted by molar-refractivity contribution is 0.628. The van der Waals surface area contributed by atoms with Crippen molar-refractivity contribution < 1.29 is 4.39 Å². The predicted octanol–water partition coefficient (Wildman–Crippen LogP) is 4.62. The lowest BCUT2D eigenvalue weighted by Crippen LogP contribution is -2.18. The first kappa shape index (κ1) is 17.6. The number of fused-ring (bicyclic) bond motifs is 1. The average molecular weight is 381 g/mol. The Labute approximate surface area is 162 Å². The van der Waals surface area contributed by atoms with E-state index in [2.05, 4.69) is 25.4 Å². The van der Waals surface area contributed by atoms with Gasteiger partial charge in [0.25, 0.3) is 0 Å². The van der Waals surface area contributed by atoms with Crippen LogP contribution in [0.2, 0.25) is 0 Å². The van der Waals surface area contributed by atoms with Gasteiger partial charge in [0.15, 0.2) is 10.9 Å². The molecule has 0 saturated heterocycles. The summed E-state index contributed by atoms with van der Waals surface area (Å²) in [5.41, 5.74) is 2.64. The first-order valence-corrected chi connectivity index (χ1v) is 9.46. The van der Waals surface area contributed by atoms with Crippen LogP contribution in [-0.2, 0) is 13.0 Å². The Bertz CT molecular complexity index is 934. The number of aromatic nitrogens is 3. The predicted molar refractivity (Wildman–Crippen MR) is 109 cm³/mol. The third-order valence-electron chi connectivity index (χ3n) is 4.61. The Hall–Kier alpha value is -2.80. The van der Waals surface area contributed by atoms with Crippen LogP contribution in [0.3, 0.4) is 0 Å². The molecule has 27 heavy (non-hydrogen) atoms.